The molecule has 1 aromatic rings. The molecule has 0 N–H and O–H groups in total. The van der Waals surface area contributed by atoms with Crippen molar-refractivity contribution < 1.29 is 181 Å². The molecule has 0 bridgehead atoms. The average molecular weight is 1340 g/mol. The Kier molecular flexibility index (Phi) is 19.9. The number of benzene rings is 1. The molecule has 0 aliphatic rings. The van der Waals surface area contributed by atoms with Crippen molar-refractivity contribution in [2.24, 2.45) is 0 Å². The Morgan fingerprint density at radius 3 is 0.675 bits per heavy atom. The van der Waals surface area contributed by atoms with Gasteiger partial charge in [-0.1, -0.05) is 0 Å². The van der Waals surface area contributed by atoms with Crippen molar-refractivity contribution >= 4 is 22.0 Å². The summed E-state index contributed by atoms with van der Waals surface area (Å²) < 4.78 is 545. The summed E-state index contributed by atoms with van der Waals surface area (Å²) >= 11 is -8.34. The molecular weight excluding hydrogens is 1310 g/mol. The van der Waals surface area contributed by atoms with Gasteiger partial charge in [0.2, 0.25) is 0 Å². The second-order valence-corrected chi connectivity index (χ2v) is 29.4. The number of rotatable bonds is 27. The summed E-state index contributed by atoms with van der Waals surface area (Å²) in [6, 6.07) is 0.0362. The standard InChI is InChI=1S/C11H15O2.3C8H4F13.Sn/c1-3-12-11(13-4-2)10-8-6-5-7-9-10;3*1-2-3(9,10)4(11,12)5(13,14)6(15,16)7(17,18)8(19,20)21;/h6-9,11H,3-4H2,1-2H3;3*1-2H2;. The van der Waals surface area contributed by atoms with E-state index in [0.29, 0.717) is 0 Å². The molecule has 456 valence electrons. The zero-order valence-electron chi connectivity index (χ0n) is 36.6. The van der Waals surface area contributed by atoms with Crippen LogP contribution in [0.2, 0.25) is 13.3 Å². The Hall–Kier alpha value is -2.79. The summed E-state index contributed by atoms with van der Waals surface area (Å²) in [6.45, 7) is 1.17. The molecule has 0 fully saturated rings. The molecular formula is C35H27F39O2Sn. The summed E-state index contributed by atoms with van der Waals surface area (Å²) in [5, 5.41) is 0. The van der Waals surface area contributed by atoms with Crippen molar-refractivity contribution in [2.75, 3.05) is 13.2 Å². The van der Waals surface area contributed by atoms with Crippen molar-refractivity contribution in [1.29, 1.82) is 0 Å². The minimum absolute atomic E-state index is 0.161. The first-order valence-corrected chi connectivity index (χ1v) is 27.0. The maximum atomic E-state index is 15.3. The summed E-state index contributed by atoms with van der Waals surface area (Å²) in [5.74, 6) is -128. The Bertz CT molecular complexity index is 1920. The molecule has 0 spiro atoms. The van der Waals surface area contributed by atoms with Gasteiger partial charge in [-0.05, 0) is 0 Å². The number of alkyl halides is 39. The van der Waals surface area contributed by atoms with Crippen molar-refractivity contribution in [3.05, 3.63) is 29.8 Å². The van der Waals surface area contributed by atoms with Gasteiger partial charge < -0.3 is 0 Å². The zero-order chi connectivity index (χ0) is 62.1. The summed E-state index contributed by atoms with van der Waals surface area (Å²) in [4.78, 5) is 0. The number of ether oxygens (including phenoxy) is 2. The monoisotopic (exact) mass is 1340 g/mol. The molecule has 0 aliphatic carbocycles. The second-order valence-electron chi connectivity index (χ2n) is 16.1. The Balaban J connectivity index is 4.66. The molecule has 0 saturated heterocycles. The van der Waals surface area contributed by atoms with Crippen LogP contribution < -0.4 is 3.58 Å². The molecule has 0 aromatic heterocycles. The predicted octanol–water partition coefficient (Wildman–Crippen LogP) is 16.8. The van der Waals surface area contributed by atoms with Crippen LogP contribution in [-0.4, -0.2) is 139 Å². The van der Waals surface area contributed by atoms with Crippen molar-refractivity contribution in [3.63, 3.8) is 0 Å². The second kappa shape index (κ2) is 21.2. The van der Waals surface area contributed by atoms with Gasteiger partial charge in [0.25, 0.3) is 0 Å². The van der Waals surface area contributed by atoms with Crippen LogP contribution in [0.3, 0.4) is 0 Å². The molecule has 1 rings (SSSR count). The molecule has 0 atom stereocenters. The van der Waals surface area contributed by atoms with Crippen LogP contribution in [0.5, 0.6) is 0 Å². The van der Waals surface area contributed by atoms with Crippen molar-refractivity contribution in [1.82, 2.24) is 0 Å². The van der Waals surface area contributed by atoms with E-state index in [1.165, 1.54) is 0 Å². The van der Waals surface area contributed by atoms with Crippen LogP contribution >= 0.6 is 0 Å². The third-order valence-electron chi connectivity index (χ3n) is 11.2. The average Bonchev–Trinajstić information content (AvgIpc) is 3.24. The topological polar surface area (TPSA) is 18.5 Å². The van der Waals surface area contributed by atoms with Gasteiger partial charge >= 0.3 is 406 Å². The quantitative estimate of drug-likeness (QED) is 0.0497. The Morgan fingerprint density at radius 1 is 0.299 bits per heavy atom. The molecule has 1 aromatic carbocycles. The first kappa shape index (κ1) is 72.2. The van der Waals surface area contributed by atoms with Gasteiger partial charge in [0.05, 0.1) is 0 Å². The Morgan fingerprint density at radius 2 is 0.494 bits per heavy atom. The van der Waals surface area contributed by atoms with Crippen molar-refractivity contribution in [3.8, 4) is 0 Å². The van der Waals surface area contributed by atoms with E-state index in [9.17, 15) is 145 Å². The van der Waals surface area contributed by atoms with Gasteiger partial charge in [-0.3, -0.25) is 0 Å². The fourth-order valence-corrected chi connectivity index (χ4v) is 20.3. The van der Waals surface area contributed by atoms with E-state index in [0.717, 1.165) is 13.8 Å². The fraction of sp³-hybridized carbons (Fsp3) is 0.829. The van der Waals surface area contributed by atoms with E-state index < -0.39 is 187 Å². The normalized spacial score (nSPS) is 16.2. The molecule has 0 radical (unpaired) electrons. The zero-order valence-corrected chi connectivity index (χ0v) is 39.5. The molecule has 77 heavy (non-hydrogen) atoms. The van der Waals surface area contributed by atoms with Crippen molar-refractivity contribution in [2.45, 2.75) is 160 Å². The molecule has 0 amide bonds. The molecule has 0 aliphatic heterocycles. The summed E-state index contributed by atoms with van der Waals surface area (Å²) in [7, 11) is 0. The third-order valence-corrected chi connectivity index (χ3v) is 26.0. The molecule has 42 heteroatoms. The Labute approximate surface area is 405 Å². The number of hydrogen-bond donors (Lipinski definition) is 0. The van der Waals surface area contributed by atoms with E-state index in [2.05, 4.69) is 0 Å². The van der Waals surface area contributed by atoms with Gasteiger partial charge in [-0.2, -0.15) is 0 Å². The van der Waals surface area contributed by atoms with Gasteiger partial charge in [-0.15, -0.1) is 0 Å². The minimum atomic E-state index is -8.90. The van der Waals surface area contributed by atoms with Crippen LogP contribution in [0.4, 0.5) is 171 Å². The fourth-order valence-electron chi connectivity index (χ4n) is 6.41. The van der Waals surface area contributed by atoms with E-state index >= 15 is 26.3 Å². The van der Waals surface area contributed by atoms with Crippen LogP contribution in [0.1, 0.15) is 45.0 Å². The van der Waals surface area contributed by atoms with E-state index in [1.807, 2.05) is 0 Å². The maximum absolute atomic E-state index is 15.3. The van der Waals surface area contributed by atoms with Crippen LogP contribution in [0.25, 0.3) is 0 Å². The molecule has 2 nitrogen and oxygen atoms in total. The van der Waals surface area contributed by atoms with Gasteiger partial charge in [0.15, 0.2) is 0 Å². The van der Waals surface area contributed by atoms with Crippen LogP contribution in [0, 0.1) is 0 Å². The van der Waals surface area contributed by atoms with Gasteiger partial charge in [0.1, 0.15) is 0 Å². The number of hydrogen-bond acceptors (Lipinski definition) is 2. The molecule has 0 heterocycles. The summed E-state index contributed by atoms with van der Waals surface area (Å²) in [6.07, 6.45) is -38.5. The van der Waals surface area contributed by atoms with E-state index in [-0.39, 0.29) is 24.3 Å². The van der Waals surface area contributed by atoms with E-state index in [4.69, 9.17) is 9.47 Å². The first-order valence-electron chi connectivity index (χ1n) is 19.6. The summed E-state index contributed by atoms with van der Waals surface area (Å²) in [5.41, 5.74) is -0.698. The van der Waals surface area contributed by atoms with Crippen LogP contribution in [-0.2, 0) is 9.47 Å². The van der Waals surface area contributed by atoms with Gasteiger partial charge in [-0.25, -0.2) is 0 Å². The number of halogens is 39. The van der Waals surface area contributed by atoms with Gasteiger partial charge in [0, 0.05) is 0 Å². The molecule has 0 saturated carbocycles. The molecule has 0 unspecified atom stereocenters. The van der Waals surface area contributed by atoms with Crippen LogP contribution in [0.15, 0.2) is 24.3 Å². The predicted molar refractivity (Wildman–Crippen MR) is 178 cm³/mol. The third kappa shape index (κ3) is 11.6. The SMILES string of the molecule is CCOC(OCC)c1cc[c]([Sn]([CH2]CC(F)(F)C(F)(F)C(F)(F)C(F)(F)C(F)(F)C(F)(F)F)([CH2]CC(F)(F)C(F)(F)C(F)(F)C(F)(F)C(F)(F)C(F)(F)F)[CH2]CC(F)(F)C(F)(F)C(F)(F)C(F)(F)C(F)(F)C(F)(F)F)cc1. The van der Waals surface area contributed by atoms with E-state index in [1.54, 1.807) is 0 Å². The first-order chi connectivity index (χ1) is 33.4.